The number of amides is 1. The van der Waals surface area contributed by atoms with E-state index in [2.05, 4.69) is 10.5 Å². The predicted molar refractivity (Wildman–Crippen MR) is 90.0 cm³/mol. The van der Waals surface area contributed by atoms with E-state index in [1.807, 2.05) is 36.2 Å². The number of hydrazone groups is 1. The molecular weight excluding hydrogens is 294 g/mol. The molecule has 2 aromatic carbocycles. The molecule has 2 rings (SSSR count). The number of aliphatic hydroxyl groups is 1. The van der Waals surface area contributed by atoms with Gasteiger partial charge in [0.2, 0.25) is 0 Å². The Balaban J connectivity index is 1.94. The van der Waals surface area contributed by atoms with Gasteiger partial charge in [-0.15, -0.1) is 0 Å². The second-order valence-corrected chi connectivity index (χ2v) is 4.99. The Morgan fingerprint density at radius 2 is 2.00 bits per heavy atom. The van der Waals surface area contributed by atoms with Gasteiger partial charge in [-0.2, -0.15) is 5.10 Å². The molecule has 3 N–H and O–H groups in total. The highest BCUT2D eigenvalue weighted by atomic mass is 16.3. The zero-order valence-electron chi connectivity index (χ0n) is 12.8. The van der Waals surface area contributed by atoms with Crippen LogP contribution in [0.4, 0.5) is 5.69 Å². The summed E-state index contributed by atoms with van der Waals surface area (Å²) in [5.41, 5.74) is 4.57. The lowest BCUT2D eigenvalue weighted by molar-refractivity contribution is 0.0954. The van der Waals surface area contributed by atoms with Gasteiger partial charge in [-0.25, -0.2) is 5.43 Å². The molecule has 0 fully saturated rings. The number of aliphatic hydroxyl groups excluding tert-OH is 1. The first-order valence-corrected chi connectivity index (χ1v) is 7.14. The quantitative estimate of drug-likeness (QED) is 0.558. The second kappa shape index (κ2) is 7.95. The number of aromatic hydroxyl groups is 1. The van der Waals surface area contributed by atoms with Crippen LogP contribution in [0.3, 0.4) is 0 Å². The van der Waals surface area contributed by atoms with E-state index < -0.39 is 5.91 Å². The van der Waals surface area contributed by atoms with E-state index in [0.29, 0.717) is 12.1 Å². The van der Waals surface area contributed by atoms with Crippen LogP contribution >= 0.6 is 0 Å². The molecule has 0 radical (unpaired) electrons. The Morgan fingerprint density at radius 3 is 2.65 bits per heavy atom. The van der Waals surface area contributed by atoms with Crippen molar-refractivity contribution in [3.05, 3.63) is 59.7 Å². The fraction of sp³-hybridized carbons (Fsp3) is 0.176. The molecule has 0 heterocycles. The largest absolute Gasteiger partial charge is 0.508 e. The van der Waals surface area contributed by atoms with Crippen molar-refractivity contribution in [2.75, 3.05) is 25.1 Å². The zero-order chi connectivity index (χ0) is 16.7. The Kier molecular flexibility index (Phi) is 5.71. The van der Waals surface area contributed by atoms with E-state index in [9.17, 15) is 9.90 Å². The van der Waals surface area contributed by atoms with Crippen LogP contribution in [-0.2, 0) is 0 Å². The topological polar surface area (TPSA) is 85.2 Å². The molecule has 0 aliphatic rings. The third-order valence-corrected chi connectivity index (χ3v) is 3.26. The van der Waals surface area contributed by atoms with E-state index in [0.717, 1.165) is 11.3 Å². The summed E-state index contributed by atoms with van der Waals surface area (Å²) < 4.78 is 0. The molecule has 0 aromatic heterocycles. The lowest BCUT2D eigenvalue weighted by atomic mass is 10.2. The zero-order valence-corrected chi connectivity index (χ0v) is 12.8. The number of benzene rings is 2. The van der Waals surface area contributed by atoms with E-state index in [4.69, 9.17) is 5.11 Å². The number of rotatable bonds is 6. The van der Waals surface area contributed by atoms with Gasteiger partial charge in [0, 0.05) is 24.8 Å². The van der Waals surface area contributed by atoms with E-state index >= 15 is 0 Å². The number of carbonyl (C=O) groups excluding carboxylic acids is 1. The van der Waals surface area contributed by atoms with Gasteiger partial charge in [0.15, 0.2) is 0 Å². The Morgan fingerprint density at radius 1 is 1.26 bits per heavy atom. The molecule has 23 heavy (non-hydrogen) atoms. The first kappa shape index (κ1) is 16.5. The summed E-state index contributed by atoms with van der Waals surface area (Å²) in [6.45, 7) is 0.661. The molecule has 0 saturated carbocycles. The monoisotopic (exact) mass is 313 g/mol. The molecule has 6 nitrogen and oxygen atoms in total. The lowest BCUT2D eigenvalue weighted by Gasteiger charge is -2.17. The fourth-order valence-electron chi connectivity index (χ4n) is 1.97. The van der Waals surface area contributed by atoms with Crippen LogP contribution in [0, 0.1) is 0 Å². The summed E-state index contributed by atoms with van der Waals surface area (Å²) in [4.78, 5) is 13.8. The summed E-state index contributed by atoms with van der Waals surface area (Å²) in [7, 11) is 1.90. The third-order valence-electron chi connectivity index (χ3n) is 3.26. The second-order valence-electron chi connectivity index (χ2n) is 4.99. The van der Waals surface area contributed by atoms with Crippen LogP contribution in [-0.4, -0.2) is 42.5 Å². The number of hydrogen-bond donors (Lipinski definition) is 3. The molecule has 6 heteroatoms. The standard InChI is InChI=1S/C17H19N3O3/c1-20(9-10-21)15-7-5-13(6-8-15)12-18-19-17(23)14-3-2-4-16(22)11-14/h2-8,11-12,21-22H,9-10H2,1H3,(H,19,23)/b18-12+. The van der Waals surface area contributed by atoms with Gasteiger partial charge < -0.3 is 15.1 Å². The number of hydrogen-bond acceptors (Lipinski definition) is 5. The summed E-state index contributed by atoms with van der Waals surface area (Å²) in [5, 5.41) is 22.1. The van der Waals surface area contributed by atoms with Crippen LogP contribution in [0.2, 0.25) is 0 Å². The van der Waals surface area contributed by atoms with E-state index in [1.54, 1.807) is 12.1 Å². The van der Waals surface area contributed by atoms with Crippen LogP contribution in [0.25, 0.3) is 0 Å². The Bertz CT molecular complexity index is 684. The molecule has 0 spiro atoms. The van der Waals surface area contributed by atoms with Crippen molar-refractivity contribution in [2.45, 2.75) is 0 Å². The van der Waals surface area contributed by atoms with Crippen molar-refractivity contribution in [3.63, 3.8) is 0 Å². The molecule has 0 unspecified atom stereocenters. The van der Waals surface area contributed by atoms with Gasteiger partial charge in [-0.3, -0.25) is 4.79 Å². The average Bonchev–Trinajstić information content (AvgIpc) is 2.55. The Labute approximate surface area is 134 Å². The molecule has 0 aliphatic heterocycles. The number of phenols is 1. The first-order chi connectivity index (χ1) is 11.1. The molecule has 0 aliphatic carbocycles. The van der Waals surface area contributed by atoms with Gasteiger partial charge in [0.25, 0.3) is 5.91 Å². The Hall–Kier alpha value is -2.86. The molecule has 0 atom stereocenters. The first-order valence-electron chi connectivity index (χ1n) is 7.14. The van der Waals surface area contributed by atoms with Crippen molar-refractivity contribution in [1.82, 2.24) is 5.43 Å². The third kappa shape index (κ3) is 4.82. The maximum atomic E-state index is 11.8. The summed E-state index contributed by atoms with van der Waals surface area (Å²) >= 11 is 0. The van der Waals surface area contributed by atoms with Crippen molar-refractivity contribution in [1.29, 1.82) is 0 Å². The van der Waals surface area contributed by atoms with Gasteiger partial charge in [0.1, 0.15) is 5.75 Å². The van der Waals surface area contributed by atoms with Crippen LogP contribution in [0.15, 0.2) is 53.6 Å². The van der Waals surface area contributed by atoms with Gasteiger partial charge in [0.05, 0.1) is 12.8 Å². The smallest absolute Gasteiger partial charge is 0.271 e. The number of phenolic OH excluding ortho intramolecular Hbond substituents is 1. The minimum Gasteiger partial charge on any atom is -0.508 e. The van der Waals surface area contributed by atoms with E-state index in [1.165, 1.54) is 18.3 Å². The molecular formula is C17H19N3O3. The molecule has 0 bridgehead atoms. The summed E-state index contributed by atoms with van der Waals surface area (Å²) in [6, 6.07) is 13.6. The van der Waals surface area contributed by atoms with Crippen molar-refractivity contribution in [3.8, 4) is 5.75 Å². The number of carbonyl (C=O) groups is 1. The van der Waals surface area contributed by atoms with Gasteiger partial charge >= 0.3 is 0 Å². The van der Waals surface area contributed by atoms with Crippen LogP contribution < -0.4 is 10.3 Å². The van der Waals surface area contributed by atoms with Crippen molar-refractivity contribution >= 4 is 17.8 Å². The normalized spacial score (nSPS) is 10.7. The van der Waals surface area contributed by atoms with Crippen LogP contribution in [0.1, 0.15) is 15.9 Å². The van der Waals surface area contributed by atoms with Crippen molar-refractivity contribution < 1.29 is 15.0 Å². The summed E-state index contributed by atoms with van der Waals surface area (Å²) in [6.07, 6.45) is 1.54. The fourth-order valence-corrected chi connectivity index (χ4v) is 1.97. The SMILES string of the molecule is CN(CCO)c1ccc(/C=N/NC(=O)c2cccc(O)c2)cc1. The van der Waals surface area contributed by atoms with Crippen molar-refractivity contribution in [2.24, 2.45) is 5.10 Å². The lowest BCUT2D eigenvalue weighted by Crippen LogP contribution is -2.20. The highest BCUT2D eigenvalue weighted by Crippen LogP contribution is 2.13. The molecule has 2 aromatic rings. The number of anilines is 1. The van der Waals surface area contributed by atoms with Crippen LogP contribution in [0.5, 0.6) is 5.75 Å². The average molecular weight is 313 g/mol. The minimum absolute atomic E-state index is 0.0317. The summed E-state index contributed by atoms with van der Waals surface area (Å²) in [5.74, 6) is -0.360. The number of likely N-dealkylation sites (N-methyl/N-ethyl adjacent to an activating group) is 1. The number of nitrogens with one attached hydrogen (secondary N) is 1. The highest BCUT2D eigenvalue weighted by Gasteiger charge is 2.04. The maximum absolute atomic E-state index is 11.8. The van der Waals surface area contributed by atoms with E-state index in [-0.39, 0.29) is 12.4 Å². The van der Waals surface area contributed by atoms with Gasteiger partial charge in [-0.1, -0.05) is 18.2 Å². The number of nitrogens with zero attached hydrogens (tertiary/aromatic N) is 2. The molecule has 120 valence electrons. The predicted octanol–water partition coefficient (Wildman–Crippen LogP) is 1.58. The highest BCUT2D eigenvalue weighted by molar-refractivity contribution is 5.95. The van der Waals surface area contributed by atoms with Gasteiger partial charge in [-0.05, 0) is 35.9 Å². The maximum Gasteiger partial charge on any atom is 0.271 e. The molecule has 0 saturated heterocycles. The molecule has 1 amide bonds. The minimum atomic E-state index is -0.392.